The Labute approximate surface area is 155 Å². The maximum atomic E-state index is 14.8. The van der Waals surface area contributed by atoms with Gasteiger partial charge in [0, 0.05) is 11.1 Å². The van der Waals surface area contributed by atoms with Crippen LogP contribution in [0.25, 0.3) is 0 Å². The van der Waals surface area contributed by atoms with Gasteiger partial charge in [0.15, 0.2) is 0 Å². The molecule has 0 heterocycles. The summed E-state index contributed by atoms with van der Waals surface area (Å²) in [5.41, 5.74) is 3.63. The lowest BCUT2D eigenvalue weighted by atomic mass is 9.93. The summed E-state index contributed by atoms with van der Waals surface area (Å²) in [6.07, 6.45) is 7.12. The van der Waals surface area contributed by atoms with Gasteiger partial charge in [-0.2, -0.15) is 0 Å². The molecule has 0 saturated heterocycles. The lowest BCUT2D eigenvalue weighted by molar-refractivity contribution is 0.378. The van der Waals surface area contributed by atoms with Gasteiger partial charge in [0.25, 0.3) is 0 Å². The molecule has 0 aliphatic carbocycles. The third-order valence-electron chi connectivity index (χ3n) is 4.82. The molecular weight excluding hydrogens is 334 g/mol. The van der Waals surface area contributed by atoms with Crippen LogP contribution in [0.15, 0.2) is 35.7 Å². The smallest absolute Gasteiger partial charge is 0.148 e. The van der Waals surface area contributed by atoms with Gasteiger partial charge >= 0.3 is 0 Å². The lowest BCUT2D eigenvalue weighted by Gasteiger charge is -2.17. The number of phenolic OH excluding ortho intramolecular Hbond substituents is 2. The summed E-state index contributed by atoms with van der Waals surface area (Å²) < 4.78 is 26.7. The Kier molecular flexibility index (Phi) is 8.56. The number of phenols is 2. The SMILES string of the molecule is C/C(=C\CC/C(C)=C/C(F)c1c(C)c(O)c(C)c(C)c1O)CCC=CF. The molecule has 144 valence electrons. The summed E-state index contributed by atoms with van der Waals surface area (Å²) in [5, 5.41) is 20.4. The van der Waals surface area contributed by atoms with Crippen molar-refractivity contribution < 1.29 is 19.0 Å². The Bertz CT molecular complexity index is 686. The molecule has 0 amide bonds. The van der Waals surface area contributed by atoms with Crippen LogP contribution in [0.5, 0.6) is 11.5 Å². The molecule has 0 fully saturated rings. The van der Waals surface area contributed by atoms with E-state index >= 15 is 0 Å². The van der Waals surface area contributed by atoms with Crippen molar-refractivity contribution in [2.24, 2.45) is 0 Å². The van der Waals surface area contributed by atoms with Gasteiger partial charge in [0.1, 0.15) is 17.7 Å². The molecule has 1 atom stereocenters. The van der Waals surface area contributed by atoms with Crippen LogP contribution in [0.2, 0.25) is 0 Å². The summed E-state index contributed by atoms with van der Waals surface area (Å²) in [6.45, 7) is 8.84. The van der Waals surface area contributed by atoms with E-state index in [0.29, 0.717) is 35.9 Å². The molecule has 4 heteroatoms. The van der Waals surface area contributed by atoms with Gasteiger partial charge in [-0.25, -0.2) is 8.78 Å². The Morgan fingerprint density at radius 3 is 2.12 bits per heavy atom. The molecule has 0 aromatic heterocycles. The fourth-order valence-corrected chi connectivity index (χ4v) is 2.92. The molecule has 1 unspecified atom stereocenters. The number of benzene rings is 1. The summed E-state index contributed by atoms with van der Waals surface area (Å²) in [6, 6.07) is 0. The molecule has 0 aliphatic rings. The highest BCUT2D eigenvalue weighted by molar-refractivity contribution is 5.58. The van der Waals surface area contributed by atoms with E-state index in [0.717, 1.165) is 18.4 Å². The van der Waals surface area contributed by atoms with Crippen LogP contribution in [0.3, 0.4) is 0 Å². The van der Waals surface area contributed by atoms with Crippen molar-refractivity contribution in [3.63, 3.8) is 0 Å². The van der Waals surface area contributed by atoms with Gasteiger partial charge in [-0.3, -0.25) is 0 Å². The van der Waals surface area contributed by atoms with Gasteiger partial charge < -0.3 is 10.2 Å². The minimum Gasteiger partial charge on any atom is -0.507 e. The van der Waals surface area contributed by atoms with Crippen LogP contribution in [-0.4, -0.2) is 10.2 Å². The second-order valence-corrected chi connectivity index (χ2v) is 6.89. The van der Waals surface area contributed by atoms with Gasteiger partial charge in [-0.15, -0.1) is 0 Å². The fraction of sp³-hybridized carbons (Fsp3) is 0.455. The van der Waals surface area contributed by atoms with Crippen LogP contribution >= 0.6 is 0 Å². The third kappa shape index (κ3) is 5.72. The largest absolute Gasteiger partial charge is 0.507 e. The van der Waals surface area contributed by atoms with Crippen molar-refractivity contribution in [3.05, 3.63) is 58.0 Å². The van der Waals surface area contributed by atoms with Crippen LogP contribution in [0, 0.1) is 20.8 Å². The van der Waals surface area contributed by atoms with Crippen molar-refractivity contribution in [3.8, 4) is 11.5 Å². The Hall–Kier alpha value is -2.10. The van der Waals surface area contributed by atoms with E-state index < -0.39 is 6.17 Å². The van der Waals surface area contributed by atoms with Crippen LogP contribution in [0.1, 0.15) is 68.0 Å². The van der Waals surface area contributed by atoms with Gasteiger partial charge in [0.2, 0.25) is 0 Å². The molecule has 1 rings (SSSR count). The summed E-state index contributed by atoms with van der Waals surface area (Å²) in [7, 11) is 0. The predicted octanol–water partition coefficient (Wildman–Crippen LogP) is 6.97. The van der Waals surface area contributed by atoms with Crippen LogP contribution < -0.4 is 0 Å². The first kappa shape index (κ1) is 21.9. The van der Waals surface area contributed by atoms with Gasteiger partial charge in [0.05, 0.1) is 6.33 Å². The quantitative estimate of drug-likeness (QED) is 0.386. The van der Waals surface area contributed by atoms with E-state index in [1.807, 2.05) is 13.8 Å². The Morgan fingerprint density at radius 1 is 0.923 bits per heavy atom. The van der Waals surface area contributed by atoms with Crippen molar-refractivity contribution in [1.82, 2.24) is 0 Å². The maximum absolute atomic E-state index is 14.8. The number of rotatable bonds is 8. The second kappa shape index (κ2) is 10.1. The maximum Gasteiger partial charge on any atom is 0.148 e. The molecule has 1 aromatic rings. The first-order valence-electron chi connectivity index (χ1n) is 8.94. The second-order valence-electron chi connectivity index (χ2n) is 6.89. The van der Waals surface area contributed by atoms with Crippen molar-refractivity contribution in [2.45, 2.75) is 66.5 Å². The standard InChI is InChI=1S/C22H30F2O2/c1-14(9-6-7-12-23)10-8-11-15(2)13-19(24)20-18(5)21(25)16(3)17(4)22(20)26/h7,10,12-13,19,25-26H,6,8-9,11H2,1-5H3/b12-7?,14-10+,15-13+. The number of hydrogen-bond acceptors (Lipinski definition) is 2. The third-order valence-corrected chi connectivity index (χ3v) is 4.82. The van der Waals surface area contributed by atoms with Gasteiger partial charge in [-0.1, -0.05) is 23.3 Å². The zero-order chi connectivity index (χ0) is 19.9. The van der Waals surface area contributed by atoms with Gasteiger partial charge in [-0.05, 0) is 77.5 Å². The average molecular weight is 364 g/mol. The average Bonchev–Trinajstić information content (AvgIpc) is 2.58. The van der Waals surface area contributed by atoms with Crippen molar-refractivity contribution >= 4 is 0 Å². The minimum absolute atomic E-state index is 0.0323. The zero-order valence-corrected chi connectivity index (χ0v) is 16.4. The molecule has 26 heavy (non-hydrogen) atoms. The fourth-order valence-electron chi connectivity index (χ4n) is 2.92. The molecule has 2 nitrogen and oxygen atoms in total. The monoisotopic (exact) mass is 364 g/mol. The van der Waals surface area contributed by atoms with E-state index in [2.05, 4.69) is 6.08 Å². The Balaban J connectivity index is 2.83. The van der Waals surface area contributed by atoms with Crippen molar-refractivity contribution in [1.29, 1.82) is 0 Å². The van der Waals surface area contributed by atoms with E-state index in [1.165, 1.54) is 17.7 Å². The number of hydrogen-bond donors (Lipinski definition) is 2. The minimum atomic E-state index is -1.47. The zero-order valence-electron chi connectivity index (χ0n) is 16.4. The summed E-state index contributed by atoms with van der Waals surface area (Å²) in [5.74, 6) is -0.0594. The van der Waals surface area contributed by atoms with Crippen LogP contribution in [-0.2, 0) is 0 Å². The Morgan fingerprint density at radius 2 is 1.50 bits per heavy atom. The molecule has 0 aliphatic heterocycles. The lowest BCUT2D eigenvalue weighted by Crippen LogP contribution is -1.99. The molecular formula is C22H30F2O2. The van der Waals surface area contributed by atoms with E-state index in [-0.39, 0.29) is 17.1 Å². The van der Waals surface area contributed by atoms with Crippen molar-refractivity contribution in [2.75, 3.05) is 0 Å². The topological polar surface area (TPSA) is 40.5 Å². The predicted molar refractivity (Wildman–Crippen MR) is 104 cm³/mol. The first-order chi connectivity index (χ1) is 12.2. The molecule has 0 radical (unpaired) electrons. The number of halogens is 2. The summed E-state index contributed by atoms with van der Waals surface area (Å²) >= 11 is 0. The highest BCUT2D eigenvalue weighted by atomic mass is 19.1. The summed E-state index contributed by atoms with van der Waals surface area (Å²) in [4.78, 5) is 0. The molecule has 1 aromatic carbocycles. The molecule has 0 saturated carbocycles. The molecule has 0 spiro atoms. The number of alkyl halides is 1. The highest BCUT2D eigenvalue weighted by Crippen LogP contribution is 2.41. The molecule has 2 N–H and O–H groups in total. The van der Waals surface area contributed by atoms with E-state index in [1.54, 1.807) is 20.8 Å². The van der Waals surface area contributed by atoms with Crippen LogP contribution in [0.4, 0.5) is 8.78 Å². The number of allylic oxidation sites excluding steroid dienone is 5. The molecule has 0 bridgehead atoms. The highest BCUT2D eigenvalue weighted by Gasteiger charge is 2.22. The van der Waals surface area contributed by atoms with E-state index in [9.17, 15) is 19.0 Å². The first-order valence-corrected chi connectivity index (χ1v) is 8.94. The normalized spacial score (nSPS) is 14.3. The number of aromatic hydroxyl groups is 2. The van der Waals surface area contributed by atoms with E-state index in [4.69, 9.17) is 0 Å².